The summed E-state index contributed by atoms with van der Waals surface area (Å²) in [6, 6.07) is 8.70. The lowest BCUT2D eigenvalue weighted by Crippen LogP contribution is -2.18. The number of hydrogen-bond acceptors (Lipinski definition) is 0. The largest absolute Gasteiger partial charge is 0.0833 e. The average molecular weight is 158 g/mol. The van der Waals surface area contributed by atoms with E-state index in [0.29, 0.717) is 0 Å². The number of fused-ring (bicyclic) bond motifs is 1. The summed E-state index contributed by atoms with van der Waals surface area (Å²) in [6.45, 7) is 4.53. The predicted molar refractivity (Wildman–Crippen MR) is 52.3 cm³/mol. The highest BCUT2D eigenvalue weighted by Gasteiger charge is 2.21. The van der Waals surface area contributed by atoms with Crippen molar-refractivity contribution in [2.24, 2.45) is 0 Å². The Morgan fingerprint density at radius 3 is 2.67 bits per heavy atom. The van der Waals surface area contributed by atoms with Crippen LogP contribution in [-0.4, -0.2) is 0 Å². The van der Waals surface area contributed by atoms with Crippen LogP contribution in [0.5, 0.6) is 0 Å². The molecular weight excluding hydrogens is 144 g/mol. The molecular formula is C12H14. The molecule has 12 heavy (non-hydrogen) atoms. The van der Waals surface area contributed by atoms with Gasteiger partial charge in [0.05, 0.1) is 0 Å². The van der Waals surface area contributed by atoms with Crippen molar-refractivity contribution in [3.05, 3.63) is 47.5 Å². The first kappa shape index (κ1) is 7.60. The van der Waals surface area contributed by atoms with Gasteiger partial charge in [-0.05, 0) is 17.5 Å². The molecule has 1 aliphatic carbocycles. The second-order valence-electron chi connectivity index (χ2n) is 3.99. The van der Waals surface area contributed by atoms with E-state index in [9.17, 15) is 0 Å². The van der Waals surface area contributed by atoms with E-state index in [0.717, 1.165) is 6.42 Å². The van der Waals surface area contributed by atoms with E-state index in [4.69, 9.17) is 0 Å². The lowest BCUT2D eigenvalue weighted by molar-refractivity contribution is 0.648. The van der Waals surface area contributed by atoms with Crippen LogP contribution in [0.1, 0.15) is 25.0 Å². The fourth-order valence-corrected chi connectivity index (χ4v) is 1.90. The maximum absolute atomic E-state index is 2.30. The molecule has 0 aromatic heterocycles. The molecule has 2 rings (SSSR count). The number of hydrogen-bond donors (Lipinski definition) is 0. The summed E-state index contributed by atoms with van der Waals surface area (Å²) in [4.78, 5) is 0. The smallest absolute Gasteiger partial charge is 0.00782 e. The van der Waals surface area contributed by atoms with Crippen LogP contribution in [0.3, 0.4) is 0 Å². The van der Waals surface area contributed by atoms with E-state index in [1.54, 1.807) is 0 Å². The van der Waals surface area contributed by atoms with Gasteiger partial charge in [-0.15, -0.1) is 0 Å². The van der Waals surface area contributed by atoms with Crippen LogP contribution in [0.25, 0.3) is 0 Å². The van der Waals surface area contributed by atoms with Crippen LogP contribution >= 0.6 is 0 Å². The molecule has 0 saturated carbocycles. The second kappa shape index (κ2) is 2.48. The van der Waals surface area contributed by atoms with Crippen molar-refractivity contribution >= 4 is 0 Å². The zero-order chi connectivity index (χ0) is 8.60. The molecule has 0 heterocycles. The number of allylic oxidation sites excluding steroid dienone is 2. The zero-order valence-corrected chi connectivity index (χ0v) is 7.67. The maximum atomic E-state index is 2.30. The summed E-state index contributed by atoms with van der Waals surface area (Å²) < 4.78 is 0. The molecule has 0 saturated heterocycles. The van der Waals surface area contributed by atoms with Crippen molar-refractivity contribution in [1.82, 2.24) is 0 Å². The molecule has 0 heteroatoms. The van der Waals surface area contributed by atoms with Crippen LogP contribution < -0.4 is 0 Å². The molecule has 0 spiro atoms. The summed E-state index contributed by atoms with van der Waals surface area (Å²) in [5.74, 6) is 0. The summed E-state index contributed by atoms with van der Waals surface area (Å²) >= 11 is 0. The average Bonchev–Trinajstić information content (AvgIpc) is 2.04. The van der Waals surface area contributed by atoms with E-state index in [1.165, 1.54) is 11.1 Å². The van der Waals surface area contributed by atoms with Crippen molar-refractivity contribution in [3.63, 3.8) is 0 Å². The van der Waals surface area contributed by atoms with Gasteiger partial charge in [-0.1, -0.05) is 50.3 Å². The fraction of sp³-hybridized carbons (Fsp3) is 0.333. The Bertz CT molecular complexity index is 319. The van der Waals surface area contributed by atoms with Gasteiger partial charge in [0.1, 0.15) is 0 Å². The van der Waals surface area contributed by atoms with E-state index >= 15 is 0 Å². The van der Waals surface area contributed by atoms with Crippen LogP contribution in [-0.2, 0) is 11.8 Å². The summed E-state index contributed by atoms with van der Waals surface area (Å²) in [5, 5.41) is 0. The van der Waals surface area contributed by atoms with E-state index in [2.05, 4.69) is 50.3 Å². The Morgan fingerprint density at radius 2 is 1.92 bits per heavy atom. The molecule has 0 nitrogen and oxygen atoms in total. The fourth-order valence-electron chi connectivity index (χ4n) is 1.90. The standard InChI is InChI=1S/C12H14/c1-12(2)9-5-7-10-6-3-4-8-11(10)12/h3-6,8-9H,7H2,1-2H3. The third kappa shape index (κ3) is 1.08. The SMILES string of the molecule is CC1(C)C=CCc2ccccc21. The van der Waals surface area contributed by atoms with Gasteiger partial charge in [-0.3, -0.25) is 0 Å². The number of rotatable bonds is 0. The minimum atomic E-state index is 0.231. The van der Waals surface area contributed by atoms with Gasteiger partial charge in [0.15, 0.2) is 0 Å². The van der Waals surface area contributed by atoms with Gasteiger partial charge in [-0.2, -0.15) is 0 Å². The molecule has 0 radical (unpaired) electrons. The molecule has 0 fully saturated rings. The Labute approximate surface area is 73.9 Å². The van der Waals surface area contributed by atoms with E-state index in [1.807, 2.05) is 0 Å². The minimum absolute atomic E-state index is 0.231. The first-order chi connectivity index (χ1) is 5.70. The quantitative estimate of drug-likeness (QED) is 0.509. The normalized spacial score (nSPS) is 18.8. The Balaban J connectivity index is 2.58. The van der Waals surface area contributed by atoms with Crippen molar-refractivity contribution in [2.45, 2.75) is 25.7 Å². The molecule has 0 amide bonds. The first-order valence-electron chi connectivity index (χ1n) is 4.46. The third-order valence-corrected chi connectivity index (χ3v) is 2.58. The van der Waals surface area contributed by atoms with Gasteiger partial charge < -0.3 is 0 Å². The lowest BCUT2D eigenvalue weighted by Gasteiger charge is -2.27. The van der Waals surface area contributed by atoms with Crippen LogP contribution in [0.2, 0.25) is 0 Å². The van der Waals surface area contributed by atoms with Gasteiger partial charge in [-0.25, -0.2) is 0 Å². The van der Waals surface area contributed by atoms with Crippen molar-refractivity contribution in [1.29, 1.82) is 0 Å². The highest BCUT2D eigenvalue weighted by molar-refractivity contribution is 5.41. The molecule has 0 atom stereocenters. The molecule has 0 aliphatic heterocycles. The van der Waals surface area contributed by atoms with Gasteiger partial charge >= 0.3 is 0 Å². The molecule has 0 N–H and O–H groups in total. The Kier molecular flexibility index (Phi) is 1.57. The maximum Gasteiger partial charge on any atom is 0.00782 e. The summed E-state index contributed by atoms with van der Waals surface area (Å²) in [5.41, 5.74) is 3.19. The lowest BCUT2D eigenvalue weighted by atomic mass is 9.77. The minimum Gasteiger partial charge on any atom is -0.0833 e. The molecule has 62 valence electrons. The highest BCUT2D eigenvalue weighted by Crippen LogP contribution is 2.31. The van der Waals surface area contributed by atoms with Crippen molar-refractivity contribution < 1.29 is 0 Å². The van der Waals surface area contributed by atoms with Crippen molar-refractivity contribution in [2.75, 3.05) is 0 Å². The predicted octanol–water partition coefficient (Wildman–Crippen LogP) is 3.08. The van der Waals surface area contributed by atoms with Gasteiger partial charge in [0, 0.05) is 5.41 Å². The van der Waals surface area contributed by atoms with Gasteiger partial charge in [0.25, 0.3) is 0 Å². The summed E-state index contributed by atoms with van der Waals surface area (Å²) in [7, 11) is 0. The number of benzene rings is 1. The third-order valence-electron chi connectivity index (χ3n) is 2.58. The second-order valence-corrected chi connectivity index (χ2v) is 3.99. The highest BCUT2D eigenvalue weighted by atomic mass is 14.3. The van der Waals surface area contributed by atoms with Crippen LogP contribution in [0.4, 0.5) is 0 Å². The van der Waals surface area contributed by atoms with Crippen LogP contribution in [0, 0.1) is 0 Å². The van der Waals surface area contributed by atoms with E-state index in [-0.39, 0.29) is 5.41 Å². The van der Waals surface area contributed by atoms with Crippen LogP contribution in [0.15, 0.2) is 36.4 Å². The molecule has 1 aromatic rings. The van der Waals surface area contributed by atoms with Crippen molar-refractivity contribution in [3.8, 4) is 0 Å². The molecule has 0 unspecified atom stereocenters. The topological polar surface area (TPSA) is 0 Å². The molecule has 0 bridgehead atoms. The Morgan fingerprint density at radius 1 is 1.17 bits per heavy atom. The van der Waals surface area contributed by atoms with E-state index < -0.39 is 0 Å². The molecule has 1 aliphatic rings. The Hall–Kier alpha value is -1.04. The monoisotopic (exact) mass is 158 g/mol. The summed E-state index contributed by atoms with van der Waals surface area (Å²) in [6.07, 6.45) is 5.66. The first-order valence-corrected chi connectivity index (χ1v) is 4.46. The zero-order valence-electron chi connectivity index (χ0n) is 7.67. The molecule has 1 aromatic carbocycles. The van der Waals surface area contributed by atoms with Gasteiger partial charge in [0.2, 0.25) is 0 Å².